The van der Waals surface area contributed by atoms with Gasteiger partial charge >= 0.3 is 0 Å². The van der Waals surface area contributed by atoms with E-state index in [-0.39, 0.29) is 0 Å². The molecule has 0 saturated carbocycles. The third-order valence-corrected chi connectivity index (χ3v) is 3.61. The van der Waals surface area contributed by atoms with Crippen LogP contribution in [0.15, 0.2) is 0 Å². The summed E-state index contributed by atoms with van der Waals surface area (Å²) in [6, 6.07) is 0. The summed E-state index contributed by atoms with van der Waals surface area (Å²) in [6.07, 6.45) is 4.20. The Hall–Kier alpha value is 0.110. The summed E-state index contributed by atoms with van der Waals surface area (Å²) in [5.74, 6) is 0.426. The smallest absolute Gasteiger partial charge is 0.152 e. The molecule has 0 rings (SSSR count). The molecule has 0 heterocycles. The van der Waals surface area contributed by atoms with Crippen LogP contribution in [0.1, 0.15) is 46.5 Å². The highest BCUT2D eigenvalue weighted by atomic mass is 32.2. The SMILES string of the molecule is CCC(CC)(CC)CCS(=O)O. The van der Waals surface area contributed by atoms with Crippen molar-refractivity contribution in [2.24, 2.45) is 5.41 Å². The fourth-order valence-corrected chi connectivity index (χ4v) is 2.19. The average Bonchev–Trinajstić information content (AvgIpc) is 2.08. The van der Waals surface area contributed by atoms with Crippen molar-refractivity contribution in [1.82, 2.24) is 0 Å². The van der Waals surface area contributed by atoms with Crippen LogP contribution in [-0.2, 0) is 11.1 Å². The van der Waals surface area contributed by atoms with Gasteiger partial charge < -0.3 is 4.55 Å². The van der Waals surface area contributed by atoms with Crippen molar-refractivity contribution in [3.63, 3.8) is 0 Å². The second kappa shape index (κ2) is 5.70. The van der Waals surface area contributed by atoms with Crippen molar-refractivity contribution in [3.8, 4) is 0 Å². The zero-order chi connectivity index (χ0) is 9.61. The standard InChI is InChI=1S/C9H20O2S/c1-4-9(5-2,6-3)7-8-12(10)11/h4-8H2,1-3H3,(H,10,11). The van der Waals surface area contributed by atoms with E-state index < -0.39 is 11.1 Å². The van der Waals surface area contributed by atoms with Crippen LogP contribution >= 0.6 is 0 Å². The van der Waals surface area contributed by atoms with Crippen LogP contribution in [0.2, 0.25) is 0 Å². The highest BCUT2D eigenvalue weighted by molar-refractivity contribution is 7.79. The quantitative estimate of drug-likeness (QED) is 0.657. The lowest BCUT2D eigenvalue weighted by Crippen LogP contribution is -2.20. The summed E-state index contributed by atoms with van der Waals surface area (Å²) >= 11 is -1.62. The summed E-state index contributed by atoms with van der Waals surface area (Å²) in [7, 11) is 0. The van der Waals surface area contributed by atoms with Gasteiger partial charge in [-0.15, -0.1) is 0 Å². The molecule has 0 spiro atoms. The van der Waals surface area contributed by atoms with Crippen molar-refractivity contribution in [2.45, 2.75) is 46.5 Å². The monoisotopic (exact) mass is 192 g/mol. The molecule has 0 saturated heterocycles. The Morgan fingerprint density at radius 3 is 1.83 bits per heavy atom. The van der Waals surface area contributed by atoms with Gasteiger partial charge in [-0.05, 0) is 11.8 Å². The van der Waals surface area contributed by atoms with Gasteiger partial charge in [-0.25, -0.2) is 4.21 Å². The molecule has 74 valence electrons. The number of hydrogen-bond acceptors (Lipinski definition) is 1. The second-order valence-electron chi connectivity index (χ2n) is 3.34. The van der Waals surface area contributed by atoms with Crippen molar-refractivity contribution in [1.29, 1.82) is 0 Å². The number of rotatable bonds is 6. The van der Waals surface area contributed by atoms with E-state index in [0.29, 0.717) is 11.2 Å². The van der Waals surface area contributed by atoms with Crippen molar-refractivity contribution in [3.05, 3.63) is 0 Å². The summed E-state index contributed by atoms with van der Waals surface area (Å²) in [4.78, 5) is 0. The van der Waals surface area contributed by atoms with E-state index in [0.717, 1.165) is 25.7 Å². The normalized spacial score (nSPS) is 14.7. The lowest BCUT2D eigenvalue weighted by atomic mass is 9.78. The average molecular weight is 192 g/mol. The molecule has 0 aliphatic rings. The molecule has 0 amide bonds. The molecular formula is C9H20O2S. The van der Waals surface area contributed by atoms with E-state index in [2.05, 4.69) is 20.8 Å². The molecule has 2 nitrogen and oxygen atoms in total. The highest BCUT2D eigenvalue weighted by Gasteiger charge is 2.23. The maximum absolute atomic E-state index is 10.5. The van der Waals surface area contributed by atoms with Crippen LogP contribution in [0.5, 0.6) is 0 Å². The molecule has 1 atom stereocenters. The molecule has 12 heavy (non-hydrogen) atoms. The molecule has 1 N–H and O–H groups in total. The first-order chi connectivity index (χ1) is 5.60. The van der Waals surface area contributed by atoms with Crippen LogP contribution in [-0.4, -0.2) is 14.5 Å². The third kappa shape index (κ3) is 3.68. The fraction of sp³-hybridized carbons (Fsp3) is 1.00. The van der Waals surface area contributed by atoms with Gasteiger partial charge in [-0.2, -0.15) is 0 Å². The van der Waals surface area contributed by atoms with Gasteiger partial charge in [0.15, 0.2) is 11.1 Å². The highest BCUT2D eigenvalue weighted by Crippen LogP contribution is 2.34. The first kappa shape index (κ1) is 12.1. The molecule has 3 heteroatoms. The van der Waals surface area contributed by atoms with Crippen molar-refractivity contribution >= 4 is 11.1 Å². The van der Waals surface area contributed by atoms with E-state index in [4.69, 9.17) is 4.55 Å². The summed E-state index contributed by atoms with van der Waals surface area (Å²) in [5.41, 5.74) is 0.304. The predicted molar refractivity (Wildman–Crippen MR) is 53.6 cm³/mol. The van der Waals surface area contributed by atoms with Crippen LogP contribution in [0.3, 0.4) is 0 Å². The Morgan fingerprint density at radius 2 is 1.58 bits per heavy atom. The number of hydrogen-bond donors (Lipinski definition) is 1. The minimum absolute atomic E-state index is 0.304. The van der Waals surface area contributed by atoms with E-state index in [9.17, 15) is 4.21 Å². The molecule has 0 radical (unpaired) electrons. The van der Waals surface area contributed by atoms with Gasteiger partial charge in [0.05, 0.1) is 0 Å². The molecule has 0 aliphatic carbocycles. The molecule has 0 aromatic heterocycles. The predicted octanol–water partition coefficient (Wildman–Crippen LogP) is 2.81. The zero-order valence-electron chi connectivity index (χ0n) is 8.30. The molecule has 0 aromatic rings. The summed E-state index contributed by atoms with van der Waals surface area (Å²) in [6.45, 7) is 6.48. The van der Waals surface area contributed by atoms with E-state index >= 15 is 0 Å². The molecule has 0 aromatic carbocycles. The molecule has 1 unspecified atom stereocenters. The minimum Gasteiger partial charge on any atom is -0.306 e. The molecule has 0 bridgehead atoms. The fourth-order valence-electron chi connectivity index (χ4n) is 1.58. The van der Waals surface area contributed by atoms with Crippen LogP contribution in [0.25, 0.3) is 0 Å². The summed E-state index contributed by atoms with van der Waals surface area (Å²) in [5, 5.41) is 0. The van der Waals surface area contributed by atoms with Crippen molar-refractivity contribution < 1.29 is 8.76 Å². The van der Waals surface area contributed by atoms with Crippen LogP contribution in [0.4, 0.5) is 0 Å². The Bertz CT molecular complexity index is 133. The van der Waals surface area contributed by atoms with Crippen LogP contribution < -0.4 is 0 Å². The topological polar surface area (TPSA) is 37.3 Å². The minimum atomic E-state index is -1.62. The zero-order valence-corrected chi connectivity index (χ0v) is 9.12. The van der Waals surface area contributed by atoms with Gasteiger partial charge in [0, 0.05) is 5.75 Å². The second-order valence-corrected chi connectivity index (χ2v) is 4.39. The first-order valence-electron chi connectivity index (χ1n) is 4.67. The van der Waals surface area contributed by atoms with Gasteiger partial charge in [0.1, 0.15) is 0 Å². The Kier molecular flexibility index (Phi) is 5.76. The van der Waals surface area contributed by atoms with Gasteiger partial charge in [0.25, 0.3) is 0 Å². The molecule has 0 aliphatic heterocycles. The molecule has 0 fully saturated rings. The van der Waals surface area contributed by atoms with Crippen molar-refractivity contribution in [2.75, 3.05) is 5.75 Å². The largest absolute Gasteiger partial charge is 0.306 e. The first-order valence-corrected chi connectivity index (χ1v) is 5.95. The van der Waals surface area contributed by atoms with Gasteiger partial charge in [-0.3, -0.25) is 0 Å². The maximum atomic E-state index is 10.5. The van der Waals surface area contributed by atoms with E-state index in [1.165, 1.54) is 0 Å². The lowest BCUT2D eigenvalue weighted by molar-refractivity contribution is 0.240. The third-order valence-electron chi connectivity index (χ3n) is 3.06. The lowest BCUT2D eigenvalue weighted by Gasteiger charge is -2.29. The Morgan fingerprint density at radius 1 is 1.17 bits per heavy atom. The Balaban J connectivity index is 4.01. The van der Waals surface area contributed by atoms with Gasteiger partial charge in [0.2, 0.25) is 0 Å². The van der Waals surface area contributed by atoms with E-state index in [1.54, 1.807) is 0 Å². The van der Waals surface area contributed by atoms with Gasteiger partial charge in [-0.1, -0.05) is 40.0 Å². The Labute approximate surface area is 78.0 Å². The van der Waals surface area contributed by atoms with Crippen LogP contribution in [0, 0.1) is 5.41 Å². The maximum Gasteiger partial charge on any atom is 0.152 e. The summed E-state index contributed by atoms with van der Waals surface area (Å²) < 4.78 is 19.2. The molecular weight excluding hydrogens is 172 g/mol. The van der Waals surface area contributed by atoms with E-state index in [1.807, 2.05) is 0 Å².